The summed E-state index contributed by atoms with van der Waals surface area (Å²) >= 11 is 0. The Morgan fingerprint density at radius 3 is 2.36 bits per heavy atom. The predicted molar refractivity (Wildman–Crippen MR) is 50.4 cm³/mol. The summed E-state index contributed by atoms with van der Waals surface area (Å²) in [6.07, 6.45) is 7.15. The summed E-state index contributed by atoms with van der Waals surface area (Å²) in [7, 11) is 0. The summed E-state index contributed by atoms with van der Waals surface area (Å²) in [5.74, 6) is 2.60. The van der Waals surface area contributed by atoms with Gasteiger partial charge in [-0.2, -0.15) is 0 Å². The van der Waals surface area contributed by atoms with Crippen molar-refractivity contribution in [1.29, 1.82) is 0 Å². The van der Waals surface area contributed by atoms with E-state index in [1.54, 1.807) is 0 Å². The van der Waals surface area contributed by atoms with Gasteiger partial charge in [0, 0.05) is 13.0 Å². The average Bonchev–Trinajstić information content (AvgIpc) is 1.85. The Labute approximate surface area is 70.6 Å². The molecule has 0 aromatic rings. The molecule has 0 bridgehead atoms. The van der Waals surface area contributed by atoms with Crippen molar-refractivity contribution in [3.8, 4) is 12.3 Å². The van der Waals surface area contributed by atoms with Crippen LogP contribution in [-0.4, -0.2) is 13.1 Å². The zero-order valence-electron chi connectivity index (χ0n) is 7.91. The highest BCUT2D eigenvalue weighted by Crippen LogP contribution is 2.16. The van der Waals surface area contributed by atoms with E-state index in [0.29, 0.717) is 5.41 Å². The van der Waals surface area contributed by atoms with Gasteiger partial charge in [0.2, 0.25) is 0 Å². The molecule has 1 heteroatoms. The summed E-state index contributed by atoms with van der Waals surface area (Å²) in [6, 6.07) is 0. The Bertz CT molecular complexity index is 125. The van der Waals surface area contributed by atoms with Gasteiger partial charge in [0.25, 0.3) is 0 Å². The van der Waals surface area contributed by atoms with E-state index in [4.69, 9.17) is 6.42 Å². The highest BCUT2D eigenvalue weighted by molar-refractivity contribution is 4.84. The molecule has 0 rings (SSSR count). The lowest BCUT2D eigenvalue weighted by Crippen LogP contribution is -2.21. The third kappa shape index (κ3) is 9.52. The van der Waals surface area contributed by atoms with Gasteiger partial charge in [0.1, 0.15) is 0 Å². The van der Waals surface area contributed by atoms with Crippen molar-refractivity contribution in [1.82, 2.24) is 5.32 Å². The van der Waals surface area contributed by atoms with Crippen LogP contribution in [0.15, 0.2) is 0 Å². The van der Waals surface area contributed by atoms with Crippen LogP contribution in [0, 0.1) is 17.8 Å². The maximum absolute atomic E-state index is 5.11. The molecule has 0 unspecified atom stereocenters. The number of rotatable bonds is 4. The molecule has 0 aliphatic heterocycles. The van der Waals surface area contributed by atoms with E-state index >= 15 is 0 Å². The van der Waals surface area contributed by atoms with Crippen molar-refractivity contribution in [2.75, 3.05) is 13.1 Å². The van der Waals surface area contributed by atoms with Crippen LogP contribution in [-0.2, 0) is 0 Å². The van der Waals surface area contributed by atoms with E-state index in [2.05, 4.69) is 32.0 Å². The summed E-state index contributed by atoms with van der Waals surface area (Å²) < 4.78 is 0. The van der Waals surface area contributed by atoms with Crippen molar-refractivity contribution in [2.24, 2.45) is 5.41 Å². The molecule has 0 aromatic carbocycles. The van der Waals surface area contributed by atoms with Crippen molar-refractivity contribution >= 4 is 0 Å². The van der Waals surface area contributed by atoms with Crippen molar-refractivity contribution in [2.45, 2.75) is 33.6 Å². The fourth-order valence-electron chi connectivity index (χ4n) is 0.749. The number of terminal acetylenes is 1. The van der Waals surface area contributed by atoms with E-state index in [9.17, 15) is 0 Å². The standard InChI is InChI=1S/C10H19N/c1-5-6-8-11-9-7-10(2,3)4/h1,11H,6-9H2,2-4H3. The minimum absolute atomic E-state index is 0.434. The third-order valence-electron chi connectivity index (χ3n) is 1.50. The van der Waals surface area contributed by atoms with Gasteiger partial charge in [-0.1, -0.05) is 20.8 Å². The van der Waals surface area contributed by atoms with Crippen LogP contribution in [0.3, 0.4) is 0 Å². The zero-order chi connectivity index (χ0) is 8.74. The maximum atomic E-state index is 5.11. The molecule has 0 aliphatic carbocycles. The molecule has 0 saturated heterocycles. The van der Waals surface area contributed by atoms with Gasteiger partial charge in [0.15, 0.2) is 0 Å². The first-order chi connectivity index (χ1) is 5.06. The Balaban J connectivity index is 3.10. The summed E-state index contributed by atoms with van der Waals surface area (Å²) in [4.78, 5) is 0. The molecule has 0 radical (unpaired) electrons. The van der Waals surface area contributed by atoms with Crippen LogP contribution in [0.5, 0.6) is 0 Å². The van der Waals surface area contributed by atoms with Gasteiger partial charge in [-0.25, -0.2) is 0 Å². The van der Waals surface area contributed by atoms with Crippen molar-refractivity contribution in [3.05, 3.63) is 0 Å². The second-order valence-electron chi connectivity index (χ2n) is 4.01. The first-order valence-corrected chi connectivity index (χ1v) is 4.20. The van der Waals surface area contributed by atoms with Gasteiger partial charge in [0.05, 0.1) is 0 Å². The van der Waals surface area contributed by atoms with E-state index in [-0.39, 0.29) is 0 Å². The Morgan fingerprint density at radius 1 is 1.27 bits per heavy atom. The molecule has 64 valence electrons. The lowest BCUT2D eigenvalue weighted by molar-refractivity contribution is 0.368. The molecule has 0 heterocycles. The van der Waals surface area contributed by atoms with Crippen LogP contribution in [0.25, 0.3) is 0 Å². The highest BCUT2D eigenvalue weighted by Gasteiger charge is 2.07. The number of hydrogen-bond acceptors (Lipinski definition) is 1. The molecule has 11 heavy (non-hydrogen) atoms. The normalized spacial score (nSPS) is 11.1. The first-order valence-electron chi connectivity index (χ1n) is 4.20. The van der Waals surface area contributed by atoms with E-state index in [1.165, 1.54) is 6.42 Å². The SMILES string of the molecule is C#CCCNCCC(C)(C)C. The summed E-state index contributed by atoms with van der Waals surface area (Å²) in [5, 5.41) is 3.30. The molecule has 0 aromatic heterocycles. The minimum atomic E-state index is 0.434. The van der Waals surface area contributed by atoms with Gasteiger partial charge < -0.3 is 5.32 Å². The molecule has 0 amide bonds. The van der Waals surface area contributed by atoms with E-state index in [1.807, 2.05) is 0 Å². The molecule has 0 aliphatic rings. The van der Waals surface area contributed by atoms with Gasteiger partial charge >= 0.3 is 0 Å². The molecular formula is C10H19N. The Kier molecular flexibility index (Phi) is 4.98. The molecular weight excluding hydrogens is 134 g/mol. The quantitative estimate of drug-likeness (QED) is 0.481. The highest BCUT2D eigenvalue weighted by atomic mass is 14.8. The lowest BCUT2D eigenvalue weighted by Gasteiger charge is -2.17. The Morgan fingerprint density at radius 2 is 1.91 bits per heavy atom. The first kappa shape index (κ1) is 10.5. The Hall–Kier alpha value is -0.480. The molecule has 0 spiro atoms. The van der Waals surface area contributed by atoms with Gasteiger partial charge in [-0.3, -0.25) is 0 Å². The monoisotopic (exact) mass is 153 g/mol. The van der Waals surface area contributed by atoms with Crippen LogP contribution < -0.4 is 5.32 Å². The molecule has 0 atom stereocenters. The molecule has 1 N–H and O–H groups in total. The summed E-state index contributed by atoms with van der Waals surface area (Å²) in [5.41, 5.74) is 0.434. The van der Waals surface area contributed by atoms with Crippen molar-refractivity contribution < 1.29 is 0 Å². The summed E-state index contributed by atoms with van der Waals surface area (Å²) in [6.45, 7) is 8.76. The minimum Gasteiger partial charge on any atom is -0.316 e. The fraction of sp³-hybridized carbons (Fsp3) is 0.800. The van der Waals surface area contributed by atoms with Crippen LogP contribution in [0.4, 0.5) is 0 Å². The van der Waals surface area contributed by atoms with E-state index < -0.39 is 0 Å². The largest absolute Gasteiger partial charge is 0.316 e. The maximum Gasteiger partial charge on any atom is 0.0211 e. The van der Waals surface area contributed by atoms with Gasteiger partial charge in [-0.15, -0.1) is 12.3 Å². The van der Waals surface area contributed by atoms with E-state index in [0.717, 1.165) is 19.5 Å². The molecule has 1 nitrogen and oxygen atoms in total. The smallest absolute Gasteiger partial charge is 0.0211 e. The zero-order valence-corrected chi connectivity index (χ0v) is 7.91. The van der Waals surface area contributed by atoms with Crippen LogP contribution in [0.2, 0.25) is 0 Å². The second-order valence-corrected chi connectivity index (χ2v) is 4.01. The second kappa shape index (κ2) is 5.21. The van der Waals surface area contributed by atoms with Crippen LogP contribution in [0.1, 0.15) is 33.6 Å². The van der Waals surface area contributed by atoms with Crippen molar-refractivity contribution in [3.63, 3.8) is 0 Å². The molecule has 0 fully saturated rings. The predicted octanol–water partition coefficient (Wildman–Crippen LogP) is 2.04. The third-order valence-corrected chi connectivity index (χ3v) is 1.50. The average molecular weight is 153 g/mol. The van der Waals surface area contributed by atoms with Crippen LogP contribution >= 0.6 is 0 Å². The number of nitrogens with one attached hydrogen (secondary N) is 1. The lowest BCUT2D eigenvalue weighted by atomic mass is 9.92. The topological polar surface area (TPSA) is 12.0 Å². The fourth-order valence-corrected chi connectivity index (χ4v) is 0.749. The van der Waals surface area contributed by atoms with Gasteiger partial charge in [-0.05, 0) is 18.4 Å². The molecule has 0 saturated carbocycles. The number of hydrogen-bond donors (Lipinski definition) is 1.